The van der Waals surface area contributed by atoms with Gasteiger partial charge >= 0.3 is 5.69 Å². The summed E-state index contributed by atoms with van der Waals surface area (Å²) >= 11 is 0. The Morgan fingerprint density at radius 2 is 2.06 bits per heavy atom. The predicted octanol–water partition coefficient (Wildman–Crippen LogP) is 2.72. The number of carbonyl (C=O) groups excluding carboxylic acids is 1. The standard InChI is InChI=1S/C23H28FN5O2/c1-5-27(14(2)3)22(30)18-8-17(24)6-7-19(18)29-20-12-25-9-15(4)21(20)28(23(29)31)13-16-10-26-11-16/h6-9,12,14,16,26H,5,10-11,13H2,1-4H3. The highest BCUT2D eigenvalue weighted by Crippen LogP contribution is 2.25. The maximum Gasteiger partial charge on any atom is 0.333 e. The first-order valence-electron chi connectivity index (χ1n) is 10.7. The van der Waals surface area contributed by atoms with Gasteiger partial charge in [0.2, 0.25) is 0 Å². The lowest BCUT2D eigenvalue weighted by Crippen LogP contribution is -2.45. The van der Waals surface area contributed by atoms with Gasteiger partial charge in [-0.15, -0.1) is 0 Å². The molecular formula is C23H28FN5O2. The third-order valence-electron chi connectivity index (χ3n) is 5.98. The minimum atomic E-state index is -0.515. The summed E-state index contributed by atoms with van der Waals surface area (Å²) in [5, 5.41) is 3.24. The van der Waals surface area contributed by atoms with Crippen LogP contribution in [0.15, 0.2) is 35.4 Å². The van der Waals surface area contributed by atoms with Crippen molar-refractivity contribution in [2.75, 3.05) is 19.6 Å². The molecule has 1 aromatic carbocycles. The fourth-order valence-electron chi connectivity index (χ4n) is 4.29. The van der Waals surface area contributed by atoms with E-state index in [2.05, 4.69) is 10.3 Å². The minimum absolute atomic E-state index is 0.0540. The average molecular weight is 426 g/mol. The Hall–Kier alpha value is -3.00. The van der Waals surface area contributed by atoms with Gasteiger partial charge in [-0.1, -0.05) is 0 Å². The van der Waals surface area contributed by atoms with Gasteiger partial charge in [0, 0.05) is 44.3 Å². The second-order valence-electron chi connectivity index (χ2n) is 8.42. The van der Waals surface area contributed by atoms with Crippen molar-refractivity contribution in [2.45, 2.75) is 40.3 Å². The number of nitrogens with zero attached hydrogens (tertiary/aromatic N) is 4. The zero-order valence-corrected chi connectivity index (χ0v) is 18.4. The van der Waals surface area contributed by atoms with Crippen LogP contribution in [-0.2, 0) is 6.54 Å². The van der Waals surface area contributed by atoms with Crippen molar-refractivity contribution in [1.29, 1.82) is 0 Å². The lowest BCUT2D eigenvalue weighted by Gasteiger charge is -2.27. The topological polar surface area (TPSA) is 72.2 Å². The maximum absolute atomic E-state index is 14.2. The molecule has 3 heterocycles. The highest BCUT2D eigenvalue weighted by Gasteiger charge is 2.27. The summed E-state index contributed by atoms with van der Waals surface area (Å²) in [6, 6.07) is 3.96. The van der Waals surface area contributed by atoms with Crippen molar-refractivity contribution in [3.05, 3.63) is 58.0 Å². The largest absolute Gasteiger partial charge is 0.336 e. The molecule has 0 aliphatic carbocycles. The van der Waals surface area contributed by atoms with Crippen molar-refractivity contribution in [1.82, 2.24) is 24.3 Å². The maximum atomic E-state index is 14.2. The molecule has 0 radical (unpaired) electrons. The predicted molar refractivity (Wildman–Crippen MR) is 118 cm³/mol. The highest BCUT2D eigenvalue weighted by molar-refractivity contribution is 5.98. The van der Waals surface area contributed by atoms with E-state index in [1.807, 2.05) is 27.7 Å². The Morgan fingerprint density at radius 3 is 2.68 bits per heavy atom. The van der Waals surface area contributed by atoms with Gasteiger partial charge in [0.05, 0.1) is 28.5 Å². The lowest BCUT2D eigenvalue weighted by atomic mass is 10.0. The Morgan fingerprint density at radius 1 is 1.32 bits per heavy atom. The fraction of sp³-hybridized carbons (Fsp3) is 0.435. The van der Waals surface area contributed by atoms with E-state index in [0.29, 0.717) is 30.2 Å². The van der Waals surface area contributed by atoms with E-state index in [-0.39, 0.29) is 23.2 Å². The molecule has 3 aromatic rings. The van der Waals surface area contributed by atoms with Crippen molar-refractivity contribution in [2.24, 2.45) is 5.92 Å². The van der Waals surface area contributed by atoms with Crippen molar-refractivity contribution in [3.8, 4) is 5.69 Å². The Kier molecular flexibility index (Phi) is 5.66. The Bertz CT molecular complexity index is 1190. The van der Waals surface area contributed by atoms with E-state index >= 15 is 0 Å². The van der Waals surface area contributed by atoms with Crippen LogP contribution in [0.5, 0.6) is 0 Å². The first-order valence-corrected chi connectivity index (χ1v) is 10.7. The molecule has 31 heavy (non-hydrogen) atoms. The number of hydrogen-bond acceptors (Lipinski definition) is 4. The molecular weight excluding hydrogens is 397 g/mol. The minimum Gasteiger partial charge on any atom is -0.336 e. The summed E-state index contributed by atoms with van der Waals surface area (Å²) in [5.74, 6) is -0.447. The Labute approximate surface area is 180 Å². The second-order valence-corrected chi connectivity index (χ2v) is 8.42. The zero-order chi connectivity index (χ0) is 22.3. The Balaban J connectivity index is 1.96. The number of aryl methyl sites for hydroxylation is 1. The third kappa shape index (κ3) is 3.65. The van der Waals surface area contributed by atoms with Crippen LogP contribution < -0.4 is 11.0 Å². The molecule has 164 valence electrons. The molecule has 8 heteroatoms. The van der Waals surface area contributed by atoms with Gasteiger partial charge in [-0.25, -0.2) is 9.18 Å². The molecule has 0 saturated carbocycles. The van der Waals surface area contributed by atoms with Crippen LogP contribution >= 0.6 is 0 Å². The molecule has 4 rings (SSSR count). The first-order chi connectivity index (χ1) is 14.8. The molecule has 0 atom stereocenters. The lowest BCUT2D eigenvalue weighted by molar-refractivity contribution is 0.0716. The van der Waals surface area contributed by atoms with Crippen LogP contribution in [-0.4, -0.2) is 50.6 Å². The number of amides is 1. The van der Waals surface area contributed by atoms with Crippen LogP contribution in [0.2, 0.25) is 0 Å². The fourth-order valence-corrected chi connectivity index (χ4v) is 4.29. The van der Waals surface area contributed by atoms with E-state index < -0.39 is 5.82 Å². The molecule has 1 aliphatic heterocycles. The summed E-state index contributed by atoms with van der Waals surface area (Å²) < 4.78 is 17.5. The van der Waals surface area contributed by atoms with Gasteiger partial charge in [0.25, 0.3) is 5.91 Å². The van der Waals surface area contributed by atoms with Crippen LogP contribution in [0.25, 0.3) is 16.7 Å². The summed E-state index contributed by atoms with van der Waals surface area (Å²) in [7, 11) is 0. The van der Waals surface area contributed by atoms with Gasteiger partial charge in [-0.05, 0) is 51.5 Å². The first kappa shape index (κ1) is 21.2. The van der Waals surface area contributed by atoms with Crippen LogP contribution in [0.3, 0.4) is 0 Å². The summed E-state index contributed by atoms with van der Waals surface area (Å²) in [6.07, 6.45) is 3.37. The van der Waals surface area contributed by atoms with Crippen molar-refractivity contribution >= 4 is 16.9 Å². The van der Waals surface area contributed by atoms with E-state index in [0.717, 1.165) is 24.2 Å². The number of aromatic nitrogens is 3. The average Bonchev–Trinajstić information content (AvgIpc) is 2.97. The van der Waals surface area contributed by atoms with Gasteiger partial charge in [-0.2, -0.15) is 0 Å². The number of fused-ring (bicyclic) bond motifs is 1. The number of rotatable bonds is 6. The number of imidazole rings is 1. The number of pyridine rings is 1. The van der Waals surface area contributed by atoms with Crippen LogP contribution in [0.4, 0.5) is 4.39 Å². The van der Waals surface area contributed by atoms with E-state index in [9.17, 15) is 14.0 Å². The number of hydrogen-bond donors (Lipinski definition) is 1. The quantitative estimate of drug-likeness (QED) is 0.659. The van der Waals surface area contributed by atoms with Crippen molar-refractivity contribution in [3.63, 3.8) is 0 Å². The number of nitrogens with one attached hydrogen (secondary N) is 1. The molecule has 1 aliphatic rings. The SMILES string of the molecule is CCN(C(=O)c1cc(F)ccc1-n1c(=O)n(CC2CNC2)c2c(C)cncc21)C(C)C. The molecule has 0 bridgehead atoms. The number of benzene rings is 1. The summed E-state index contributed by atoms with van der Waals surface area (Å²) in [4.78, 5) is 32.9. The monoisotopic (exact) mass is 425 g/mol. The normalized spacial score (nSPS) is 14.3. The van der Waals surface area contributed by atoms with E-state index in [1.54, 1.807) is 21.9 Å². The van der Waals surface area contributed by atoms with Crippen LogP contribution in [0, 0.1) is 18.7 Å². The molecule has 1 N–H and O–H groups in total. The van der Waals surface area contributed by atoms with E-state index in [1.165, 1.54) is 22.8 Å². The molecule has 0 spiro atoms. The zero-order valence-electron chi connectivity index (χ0n) is 18.4. The molecule has 2 aromatic heterocycles. The molecule has 1 amide bonds. The summed E-state index contributed by atoms with van der Waals surface area (Å²) in [5.41, 5.74) is 2.59. The summed E-state index contributed by atoms with van der Waals surface area (Å²) in [6.45, 7) is 10.4. The third-order valence-corrected chi connectivity index (χ3v) is 5.98. The van der Waals surface area contributed by atoms with E-state index in [4.69, 9.17) is 0 Å². The molecule has 1 saturated heterocycles. The highest BCUT2D eigenvalue weighted by atomic mass is 19.1. The number of halogens is 1. The molecule has 7 nitrogen and oxygen atoms in total. The molecule has 0 unspecified atom stereocenters. The number of carbonyl (C=O) groups is 1. The van der Waals surface area contributed by atoms with Gasteiger partial charge in [-0.3, -0.25) is 18.9 Å². The van der Waals surface area contributed by atoms with Gasteiger partial charge in [0.1, 0.15) is 5.82 Å². The van der Waals surface area contributed by atoms with Gasteiger partial charge < -0.3 is 10.2 Å². The molecule has 1 fully saturated rings. The van der Waals surface area contributed by atoms with Crippen molar-refractivity contribution < 1.29 is 9.18 Å². The second kappa shape index (κ2) is 8.26. The van der Waals surface area contributed by atoms with Crippen LogP contribution in [0.1, 0.15) is 36.7 Å². The van der Waals surface area contributed by atoms with Gasteiger partial charge in [0.15, 0.2) is 0 Å². The smallest absolute Gasteiger partial charge is 0.333 e.